The zero-order chi connectivity index (χ0) is 15.1. The molecule has 0 saturated heterocycles. The predicted molar refractivity (Wildman–Crippen MR) is 83.5 cm³/mol. The molecule has 0 saturated carbocycles. The van der Waals surface area contributed by atoms with Gasteiger partial charge in [0, 0.05) is 23.6 Å². The number of aryl methyl sites for hydroxylation is 1. The Bertz CT molecular complexity index is 955. The summed E-state index contributed by atoms with van der Waals surface area (Å²) < 4.78 is 21.2. The third-order valence-electron chi connectivity index (χ3n) is 3.63. The highest BCUT2D eigenvalue weighted by Gasteiger charge is 2.12. The molecule has 2 heterocycles. The zero-order valence-electron chi connectivity index (χ0n) is 12.0. The second kappa shape index (κ2) is 4.84. The van der Waals surface area contributed by atoms with Gasteiger partial charge in [-0.1, -0.05) is 6.07 Å². The molecule has 2 aromatic heterocycles. The summed E-state index contributed by atoms with van der Waals surface area (Å²) in [5.74, 6) is 0.131. The third kappa shape index (κ3) is 2.09. The van der Waals surface area contributed by atoms with E-state index in [-0.39, 0.29) is 5.82 Å². The lowest BCUT2D eigenvalue weighted by Gasteiger charge is -2.03. The average Bonchev–Trinajstić information content (AvgIpc) is 3.16. The molecule has 0 unspecified atom stereocenters. The molecule has 4 heteroatoms. The van der Waals surface area contributed by atoms with Crippen molar-refractivity contribution in [2.75, 3.05) is 0 Å². The molecule has 0 amide bonds. The summed E-state index contributed by atoms with van der Waals surface area (Å²) in [6.07, 6.45) is 3.96. The SMILES string of the molecule is Cc1cc(-n2cccc2)cc2nc(-c3cccc(F)c3)oc12. The van der Waals surface area contributed by atoms with Crippen LogP contribution in [-0.2, 0) is 0 Å². The summed E-state index contributed by atoms with van der Waals surface area (Å²) in [4.78, 5) is 4.51. The van der Waals surface area contributed by atoms with Crippen molar-refractivity contribution >= 4 is 11.1 Å². The quantitative estimate of drug-likeness (QED) is 0.534. The largest absolute Gasteiger partial charge is 0.436 e. The van der Waals surface area contributed by atoms with Crippen molar-refractivity contribution in [3.63, 3.8) is 0 Å². The fraction of sp³-hybridized carbons (Fsp3) is 0.0556. The Morgan fingerprint density at radius 2 is 1.86 bits per heavy atom. The number of oxazole rings is 1. The van der Waals surface area contributed by atoms with Crippen molar-refractivity contribution < 1.29 is 8.81 Å². The molecule has 0 radical (unpaired) electrons. The van der Waals surface area contributed by atoms with Gasteiger partial charge in [0.25, 0.3) is 0 Å². The average molecular weight is 292 g/mol. The number of halogens is 1. The summed E-state index contributed by atoms with van der Waals surface area (Å²) >= 11 is 0. The molecule has 0 N–H and O–H groups in total. The van der Waals surface area contributed by atoms with Crippen LogP contribution in [0.3, 0.4) is 0 Å². The third-order valence-corrected chi connectivity index (χ3v) is 3.63. The van der Waals surface area contributed by atoms with E-state index in [4.69, 9.17) is 4.42 Å². The lowest BCUT2D eigenvalue weighted by Crippen LogP contribution is -1.90. The van der Waals surface area contributed by atoms with Crippen molar-refractivity contribution in [3.05, 3.63) is 72.3 Å². The Morgan fingerprint density at radius 3 is 2.64 bits per heavy atom. The smallest absolute Gasteiger partial charge is 0.227 e. The molecule has 2 aromatic carbocycles. The van der Waals surface area contributed by atoms with E-state index >= 15 is 0 Å². The summed E-state index contributed by atoms with van der Waals surface area (Å²) in [7, 11) is 0. The van der Waals surface area contributed by atoms with Gasteiger partial charge in [0.05, 0.1) is 0 Å². The first-order chi connectivity index (χ1) is 10.7. The van der Waals surface area contributed by atoms with E-state index in [1.54, 1.807) is 12.1 Å². The van der Waals surface area contributed by atoms with Gasteiger partial charge in [-0.25, -0.2) is 9.37 Å². The van der Waals surface area contributed by atoms with Crippen LogP contribution in [0.1, 0.15) is 5.56 Å². The summed E-state index contributed by atoms with van der Waals surface area (Å²) in [6.45, 7) is 1.98. The number of nitrogens with zero attached hydrogens (tertiary/aromatic N) is 2. The molecule has 22 heavy (non-hydrogen) atoms. The second-order valence-corrected chi connectivity index (χ2v) is 5.23. The Hall–Kier alpha value is -2.88. The maximum Gasteiger partial charge on any atom is 0.227 e. The molecular weight excluding hydrogens is 279 g/mol. The second-order valence-electron chi connectivity index (χ2n) is 5.23. The van der Waals surface area contributed by atoms with E-state index in [1.807, 2.05) is 48.1 Å². The van der Waals surface area contributed by atoms with Gasteiger partial charge in [0.2, 0.25) is 5.89 Å². The van der Waals surface area contributed by atoms with Gasteiger partial charge in [-0.05, 0) is 55.0 Å². The number of rotatable bonds is 2. The van der Waals surface area contributed by atoms with Gasteiger partial charge in [0.1, 0.15) is 11.3 Å². The number of hydrogen-bond acceptors (Lipinski definition) is 2. The van der Waals surface area contributed by atoms with E-state index < -0.39 is 0 Å². The lowest BCUT2D eigenvalue weighted by atomic mass is 10.2. The number of aromatic nitrogens is 2. The van der Waals surface area contributed by atoms with Crippen molar-refractivity contribution in [1.82, 2.24) is 9.55 Å². The molecule has 0 fully saturated rings. The molecule has 0 bridgehead atoms. The molecule has 108 valence electrons. The molecule has 4 aromatic rings. The highest BCUT2D eigenvalue weighted by Crippen LogP contribution is 2.28. The van der Waals surface area contributed by atoms with E-state index in [2.05, 4.69) is 4.98 Å². The first kappa shape index (κ1) is 12.8. The van der Waals surface area contributed by atoms with Crippen LogP contribution in [0, 0.1) is 12.7 Å². The topological polar surface area (TPSA) is 31.0 Å². The predicted octanol–water partition coefficient (Wildman–Crippen LogP) is 4.73. The number of benzene rings is 2. The van der Waals surface area contributed by atoms with E-state index in [0.717, 1.165) is 22.4 Å². The van der Waals surface area contributed by atoms with E-state index in [0.29, 0.717) is 11.5 Å². The molecule has 0 atom stereocenters. The minimum atomic E-state index is -0.301. The molecule has 0 aliphatic carbocycles. The van der Waals surface area contributed by atoms with Crippen LogP contribution in [0.2, 0.25) is 0 Å². The fourth-order valence-electron chi connectivity index (χ4n) is 2.58. The number of hydrogen-bond donors (Lipinski definition) is 0. The van der Waals surface area contributed by atoms with Gasteiger partial charge < -0.3 is 8.98 Å². The van der Waals surface area contributed by atoms with Gasteiger partial charge in [0.15, 0.2) is 5.58 Å². The summed E-state index contributed by atoms with van der Waals surface area (Å²) in [6, 6.07) is 14.2. The van der Waals surface area contributed by atoms with Crippen LogP contribution in [0.4, 0.5) is 4.39 Å². The van der Waals surface area contributed by atoms with Crippen LogP contribution in [-0.4, -0.2) is 9.55 Å². The monoisotopic (exact) mass is 292 g/mol. The Balaban J connectivity index is 1.89. The number of fused-ring (bicyclic) bond motifs is 1. The zero-order valence-corrected chi connectivity index (χ0v) is 12.0. The molecule has 0 aliphatic rings. The van der Waals surface area contributed by atoms with Crippen LogP contribution in [0.15, 0.2) is 65.3 Å². The molecule has 0 aliphatic heterocycles. The molecule has 0 spiro atoms. The first-order valence-corrected chi connectivity index (χ1v) is 7.01. The Morgan fingerprint density at radius 1 is 1.05 bits per heavy atom. The highest BCUT2D eigenvalue weighted by atomic mass is 19.1. The minimum absolute atomic E-state index is 0.301. The van der Waals surface area contributed by atoms with Gasteiger partial charge in [-0.2, -0.15) is 0 Å². The summed E-state index contributed by atoms with van der Waals surface area (Å²) in [5.41, 5.74) is 4.15. The maximum absolute atomic E-state index is 13.4. The first-order valence-electron chi connectivity index (χ1n) is 7.01. The molecule has 3 nitrogen and oxygen atoms in total. The van der Waals surface area contributed by atoms with Crippen molar-refractivity contribution in [2.45, 2.75) is 6.92 Å². The Kier molecular flexibility index (Phi) is 2.82. The maximum atomic E-state index is 13.4. The van der Waals surface area contributed by atoms with Gasteiger partial charge >= 0.3 is 0 Å². The standard InChI is InChI=1S/C18H13FN2O/c1-12-9-15(21-7-2-3-8-21)11-16-17(12)22-18(20-16)13-5-4-6-14(19)10-13/h2-11H,1H3. The van der Waals surface area contributed by atoms with Gasteiger partial charge in [-0.15, -0.1) is 0 Å². The van der Waals surface area contributed by atoms with Crippen molar-refractivity contribution in [2.24, 2.45) is 0 Å². The van der Waals surface area contributed by atoms with Crippen LogP contribution >= 0.6 is 0 Å². The van der Waals surface area contributed by atoms with Gasteiger partial charge in [-0.3, -0.25) is 0 Å². The molecule has 4 rings (SSSR count). The van der Waals surface area contributed by atoms with Crippen LogP contribution in [0.5, 0.6) is 0 Å². The minimum Gasteiger partial charge on any atom is -0.436 e. The molecular formula is C18H13FN2O. The Labute approximate surface area is 126 Å². The fourth-order valence-corrected chi connectivity index (χ4v) is 2.58. The van der Waals surface area contributed by atoms with Crippen LogP contribution < -0.4 is 0 Å². The van der Waals surface area contributed by atoms with E-state index in [9.17, 15) is 4.39 Å². The van der Waals surface area contributed by atoms with E-state index in [1.165, 1.54) is 12.1 Å². The van der Waals surface area contributed by atoms with Crippen LogP contribution in [0.25, 0.3) is 28.2 Å². The van der Waals surface area contributed by atoms with Crippen molar-refractivity contribution in [1.29, 1.82) is 0 Å². The summed E-state index contributed by atoms with van der Waals surface area (Å²) in [5, 5.41) is 0. The normalized spacial score (nSPS) is 11.2. The highest BCUT2D eigenvalue weighted by molar-refractivity contribution is 5.81. The lowest BCUT2D eigenvalue weighted by molar-refractivity contribution is 0.609. The van der Waals surface area contributed by atoms with Crippen molar-refractivity contribution in [3.8, 4) is 17.1 Å².